The summed E-state index contributed by atoms with van der Waals surface area (Å²) in [5, 5.41) is 0. The first kappa shape index (κ1) is 7.87. The molecule has 0 atom stereocenters. The smallest absolute Gasteiger partial charge is 0.233 e. The number of rotatable bonds is 3. The van der Waals surface area contributed by atoms with Crippen molar-refractivity contribution in [3.05, 3.63) is 0 Å². The molecule has 0 spiro atoms. The van der Waals surface area contributed by atoms with E-state index in [2.05, 4.69) is 4.84 Å². The fraction of sp³-hybridized carbons (Fsp3) is 1.00. The second kappa shape index (κ2) is 3.01. The van der Waals surface area contributed by atoms with E-state index < -0.39 is 10.0 Å². The van der Waals surface area contributed by atoms with E-state index in [9.17, 15) is 8.42 Å². The molecular weight excluding hydrogens is 130 g/mol. The largest absolute Gasteiger partial charge is 0.290 e. The molecule has 0 aliphatic heterocycles. The van der Waals surface area contributed by atoms with Crippen LogP contribution < -0.4 is 4.89 Å². The van der Waals surface area contributed by atoms with Gasteiger partial charge >= 0.3 is 0 Å². The normalized spacial score (nSPS) is 11.8. The number of hydrogen-bond donors (Lipinski definition) is 1. The van der Waals surface area contributed by atoms with Crippen molar-refractivity contribution in [1.29, 1.82) is 0 Å². The molecule has 0 bridgehead atoms. The van der Waals surface area contributed by atoms with Gasteiger partial charge in [0.1, 0.15) is 0 Å². The second-order valence-electron chi connectivity index (χ2n) is 1.19. The van der Waals surface area contributed by atoms with Gasteiger partial charge in [-0.3, -0.25) is 4.84 Å². The maximum Gasteiger partial charge on any atom is 0.233 e. The summed E-state index contributed by atoms with van der Waals surface area (Å²) in [5.74, 6) is 0.0425. The molecule has 0 radical (unpaired) electrons. The molecule has 50 valence electrons. The monoisotopic (exact) mass is 139 g/mol. The standard InChI is InChI=1S/C3H9NO3S/c1-3-8(5,6)4-7-2/h4H,3H2,1-2H3. The quantitative estimate of drug-likeness (QED) is 0.536. The molecule has 5 heteroatoms. The third-order valence-corrected chi connectivity index (χ3v) is 1.77. The van der Waals surface area contributed by atoms with Crippen LogP contribution in [0.25, 0.3) is 0 Å². The van der Waals surface area contributed by atoms with Gasteiger partial charge in [0, 0.05) is 0 Å². The third-order valence-electron chi connectivity index (χ3n) is 0.590. The zero-order valence-electron chi connectivity index (χ0n) is 4.84. The Labute approximate surface area is 48.8 Å². The van der Waals surface area contributed by atoms with Gasteiger partial charge in [-0.1, -0.05) is 4.89 Å². The lowest BCUT2D eigenvalue weighted by Gasteiger charge is -1.97. The Morgan fingerprint density at radius 3 is 2.25 bits per heavy atom. The molecule has 0 rings (SSSR count). The minimum atomic E-state index is -3.14. The Bertz CT molecular complexity index is 139. The van der Waals surface area contributed by atoms with Gasteiger partial charge in [-0.2, -0.15) is 0 Å². The average molecular weight is 139 g/mol. The first-order chi connectivity index (χ1) is 3.62. The van der Waals surface area contributed by atoms with Crippen LogP contribution in [-0.4, -0.2) is 21.3 Å². The minimum Gasteiger partial charge on any atom is -0.290 e. The molecule has 0 aliphatic carbocycles. The maximum absolute atomic E-state index is 10.4. The molecule has 0 fully saturated rings. The van der Waals surface area contributed by atoms with Crippen LogP contribution in [0.1, 0.15) is 6.92 Å². The van der Waals surface area contributed by atoms with Crippen LogP contribution in [-0.2, 0) is 14.9 Å². The summed E-state index contributed by atoms with van der Waals surface area (Å²) in [6.07, 6.45) is 0. The summed E-state index contributed by atoms with van der Waals surface area (Å²) >= 11 is 0. The van der Waals surface area contributed by atoms with Gasteiger partial charge in [-0.05, 0) is 6.92 Å². The maximum atomic E-state index is 10.4. The van der Waals surface area contributed by atoms with E-state index in [1.54, 1.807) is 0 Å². The van der Waals surface area contributed by atoms with Crippen molar-refractivity contribution in [3.63, 3.8) is 0 Å². The highest BCUT2D eigenvalue weighted by atomic mass is 32.2. The predicted octanol–water partition coefficient (Wildman–Crippen LogP) is -0.513. The van der Waals surface area contributed by atoms with E-state index in [1.165, 1.54) is 14.0 Å². The van der Waals surface area contributed by atoms with Crippen molar-refractivity contribution in [2.75, 3.05) is 12.9 Å². The summed E-state index contributed by atoms with van der Waals surface area (Å²) in [5.41, 5.74) is 0. The molecule has 0 aromatic heterocycles. The number of nitrogens with one attached hydrogen (secondary N) is 1. The average Bonchev–Trinajstić information content (AvgIpc) is 1.67. The topological polar surface area (TPSA) is 55.4 Å². The zero-order valence-corrected chi connectivity index (χ0v) is 5.66. The first-order valence-electron chi connectivity index (χ1n) is 2.15. The van der Waals surface area contributed by atoms with Crippen molar-refractivity contribution >= 4 is 10.0 Å². The fourth-order valence-corrected chi connectivity index (χ4v) is 0.558. The van der Waals surface area contributed by atoms with Crippen molar-refractivity contribution in [1.82, 2.24) is 4.89 Å². The van der Waals surface area contributed by atoms with Crippen molar-refractivity contribution in [2.45, 2.75) is 6.92 Å². The molecule has 0 aromatic rings. The lowest BCUT2D eigenvalue weighted by molar-refractivity contribution is 0.153. The summed E-state index contributed by atoms with van der Waals surface area (Å²) in [7, 11) is -1.88. The minimum absolute atomic E-state index is 0.0425. The van der Waals surface area contributed by atoms with Crippen LogP contribution in [0, 0.1) is 0 Å². The van der Waals surface area contributed by atoms with Crippen LogP contribution in [0.2, 0.25) is 0 Å². The summed E-state index contributed by atoms with van der Waals surface area (Å²) in [6, 6.07) is 0. The van der Waals surface area contributed by atoms with Gasteiger partial charge in [-0.25, -0.2) is 8.42 Å². The van der Waals surface area contributed by atoms with Gasteiger partial charge in [0.2, 0.25) is 10.0 Å². The molecule has 4 nitrogen and oxygen atoms in total. The summed E-state index contributed by atoms with van der Waals surface area (Å²) in [6.45, 7) is 1.53. The van der Waals surface area contributed by atoms with E-state index in [1.807, 2.05) is 4.89 Å². The SMILES string of the molecule is CCS(=O)(=O)NOC. The molecule has 0 unspecified atom stereocenters. The van der Waals surface area contributed by atoms with Gasteiger partial charge in [0.15, 0.2) is 0 Å². The van der Waals surface area contributed by atoms with E-state index in [0.717, 1.165) is 0 Å². The number of hydrogen-bond acceptors (Lipinski definition) is 3. The van der Waals surface area contributed by atoms with E-state index >= 15 is 0 Å². The van der Waals surface area contributed by atoms with Crippen LogP contribution in [0.15, 0.2) is 0 Å². The molecule has 0 aromatic carbocycles. The van der Waals surface area contributed by atoms with Gasteiger partial charge in [-0.15, -0.1) is 0 Å². The van der Waals surface area contributed by atoms with Crippen molar-refractivity contribution < 1.29 is 13.3 Å². The molecule has 0 saturated carbocycles. The van der Waals surface area contributed by atoms with Gasteiger partial charge < -0.3 is 0 Å². The lowest BCUT2D eigenvalue weighted by atomic mass is 11.0. The van der Waals surface area contributed by atoms with E-state index in [-0.39, 0.29) is 5.75 Å². The van der Waals surface area contributed by atoms with Crippen molar-refractivity contribution in [3.8, 4) is 0 Å². The van der Waals surface area contributed by atoms with Gasteiger partial charge in [0.25, 0.3) is 0 Å². The number of sulfonamides is 1. The van der Waals surface area contributed by atoms with Crippen LogP contribution in [0.4, 0.5) is 0 Å². The molecular formula is C3H9NO3S. The van der Waals surface area contributed by atoms with Crippen molar-refractivity contribution in [2.24, 2.45) is 0 Å². The predicted molar refractivity (Wildman–Crippen MR) is 29.6 cm³/mol. The second-order valence-corrected chi connectivity index (χ2v) is 3.16. The molecule has 0 aliphatic rings. The Balaban J connectivity index is 3.76. The molecule has 1 N–H and O–H groups in total. The first-order valence-corrected chi connectivity index (χ1v) is 3.80. The van der Waals surface area contributed by atoms with Crippen LogP contribution >= 0.6 is 0 Å². The molecule has 0 heterocycles. The Hall–Kier alpha value is -0.130. The van der Waals surface area contributed by atoms with E-state index in [0.29, 0.717) is 0 Å². The van der Waals surface area contributed by atoms with Gasteiger partial charge in [0.05, 0.1) is 12.9 Å². The van der Waals surface area contributed by atoms with Crippen LogP contribution in [0.3, 0.4) is 0 Å². The Morgan fingerprint density at radius 2 is 2.12 bits per heavy atom. The fourth-order valence-electron chi connectivity index (χ4n) is 0.186. The highest BCUT2D eigenvalue weighted by molar-refractivity contribution is 7.89. The Kier molecular flexibility index (Phi) is 2.96. The molecule has 0 amide bonds. The zero-order chi connectivity index (χ0) is 6.62. The summed E-state index contributed by atoms with van der Waals surface area (Å²) in [4.78, 5) is 6.00. The highest BCUT2D eigenvalue weighted by Crippen LogP contribution is 1.78. The Morgan fingerprint density at radius 1 is 1.62 bits per heavy atom. The highest BCUT2D eigenvalue weighted by Gasteiger charge is 2.02. The molecule has 8 heavy (non-hydrogen) atoms. The lowest BCUT2D eigenvalue weighted by Crippen LogP contribution is -2.23. The van der Waals surface area contributed by atoms with Crippen LogP contribution in [0.5, 0.6) is 0 Å². The van der Waals surface area contributed by atoms with E-state index in [4.69, 9.17) is 0 Å². The third kappa shape index (κ3) is 2.95. The molecule has 0 saturated heterocycles. The summed E-state index contributed by atoms with van der Waals surface area (Å²) < 4.78 is 20.7.